The zero-order valence-electron chi connectivity index (χ0n) is 17.4. The molecular weight excluding hydrogens is 435 g/mol. The number of hydrogen-bond donors (Lipinski definition) is 2. The highest BCUT2D eigenvalue weighted by molar-refractivity contribution is 5.98. The number of urea groups is 1. The number of carbonyl (C=O) groups excluding carboxylic acids is 1. The van der Waals surface area contributed by atoms with Gasteiger partial charge < -0.3 is 14.8 Å². The molecule has 9 heteroatoms. The molecular formula is C24H18F3N3O3. The van der Waals surface area contributed by atoms with Crippen LogP contribution < -0.4 is 20.2 Å². The Morgan fingerprint density at radius 3 is 2.52 bits per heavy atom. The summed E-state index contributed by atoms with van der Waals surface area (Å²) in [5.41, 5.74) is 6.72. The monoisotopic (exact) mass is 453 g/mol. The summed E-state index contributed by atoms with van der Waals surface area (Å²) in [6.07, 6.45) is -3.75. The van der Waals surface area contributed by atoms with Crippen molar-refractivity contribution in [2.75, 3.05) is 11.9 Å². The Balaban J connectivity index is 1.40. The molecule has 2 heterocycles. The van der Waals surface area contributed by atoms with Crippen molar-refractivity contribution in [3.63, 3.8) is 0 Å². The van der Waals surface area contributed by atoms with Crippen molar-refractivity contribution in [1.82, 2.24) is 10.4 Å². The molecule has 0 aromatic heterocycles. The molecule has 0 unspecified atom stereocenters. The maximum Gasteiger partial charge on any atom is 0.586 e. The highest BCUT2D eigenvalue weighted by atomic mass is 19.3. The number of alkyl halides is 2. The fourth-order valence-corrected chi connectivity index (χ4v) is 3.70. The topological polar surface area (TPSA) is 62.8 Å². The van der Waals surface area contributed by atoms with Gasteiger partial charge in [-0.25, -0.2) is 14.2 Å². The molecule has 2 aliphatic heterocycles. The van der Waals surface area contributed by atoms with E-state index in [0.717, 1.165) is 11.1 Å². The van der Waals surface area contributed by atoms with Crippen molar-refractivity contribution in [1.29, 1.82) is 0 Å². The van der Waals surface area contributed by atoms with Gasteiger partial charge in [0.15, 0.2) is 11.5 Å². The summed E-state index contributed by atoms with van der Waals surface area (Å²) in [6.45, 7) is 2.04. The molecule has 168 valence electrons. The Kier molecular flexibility index (Phi) is 4.88. The fraction of sp³-hybridized carbons (Fsp3) is 0.125. The smallest absolute Gasteiger partial charge is 0.395 e. The van der Waals surface area contributed by atoms with Gasteiger partial charge in [-0.05, 0) is 30.7 Å². The summed E-state index contributed by atoms with van der Waals surface area (Å²) in [7, 11) is 0. The quantitative estimate of drug-likeness (QED) is 0.559. The van der Waals surface area contributed by atoms with E-state index < -0.39 is 18.1 Å². The Labute approximate surface area is 187 Å². The van der Waals surface area contributed by atoms with Crippen LogP contribution in [0, 0.1) is 12.7 Å². The lowest BCUT2D eigenvalue weighted by atomic mass is 9.99. The number of hydrazine groups is 1. The number of aryl methyl sites for hydroxylation is 1. The predicted molar refractivity (Wildman–Crippen MR) is 116 cm³/mol. The normalized spacial score (nSPS) is 16.1. The first kappa shape index (κ1) is 20.7. The van der Waals surface area contributed by atoms with E-state index in [0.29, 0.717) is 16.8 Å². The van der Waals surface area contributed by atoms with Crippen molar-refractivity contribution in [2.24, 2.45) is 0 Å². The Bertz CT molecular complexity index is 1280. The molecule has 0 bridgehead atoms. The molecule has 0 atom stereocenters. The Morgan fingerprint density at radius 1 is 1.03 bits per heavy atom. The van der Waals surface area contributed by atoms with Gasteiger partial charge in [-0.2, -0.15) is 0 Å². The molecule has 0 saturated heterocycles. The molecule has 0 saturated carbocycles. The zero-order valence-corrected chi connectivity index (χ0v) is 17.4. The molecule has 3 aromatic rings. The third-order valence-corrected chi connectivity index (χ3v) is 5.30. The number of ether oxygens (including phenoxy) is 2. The van der Waals surface area contributed by atoms with Gasteiger partial charge in [-0.1, -0.05) is 48.0 Å². The number of hydrogen-bond acceptors (Lipinski definition) is 4. The number of amides is 2. The van der Waals surface area contributed by atoms with Gasteiger partial charge in [0.05, 0.1) is 12.2 Å². The third kappa shape index (κ3) is 4.05. The van der Waals surface area contributed by atoms with Crippen LogP contribution in [0.3, 0.4) is 0 Å². The molecule has 2 amide bonds. The minimum Gasteiger partial charge on any atom is -0.395 e. The Morgan fingerprint density at radius 2 is 1.76 bits per heavy atom. The maximum atomic E-state index is 14.6. The number of fused-ring (bicyclic) bond motifs is 1. The van der Waals surface area contributed by atoms with Crippen LogP contribution in [0.4, 0.5) is 23.7 Å². The van der Waals surface area contributed by atoms with Crippen LogP contribution in [-0.2, 0) is 0 Å². The molecule has 5 rings (SSSR count). The molecule has 0 fully saturated rings. The van der Waals surface area contributed by atoms with Crippen molar-refractivity contribution in [3.05, 3.63) is 89.2 Å². The lowest BCUT2D eigenvalue weighted by Gasteiger charge is -2.19. The number of nitrogens with one attached hydrogen (secondary N) is 2. The lowest BCUT2D eigenvalue weighted by molar-refractivity contribution is -0.286. The van der Waals surface area contributed by atoms with Gasteiger partial charge in [0.2, 0.25) is 0 Å². The second-order valence-corrected chi connectivity index (χ2v) is 7.66. The van der Waals surface area contributed by atoms with E-state index >= 15 is 0 Å². The van der Waals surface area contributed by atoms with Crippen LogP contribution in [0.2, 0.25) is 0 Å². The number of carbonyl (C=O) groups is 1. The van der Waals surface area contributed by atoms with E-state index in [1.54, 1.807) is 18.2 Å². The highest BCUT2D eigenvalue weighted by Crippen LogP contribution is 2.42. The highest BCUT2D eigenvalue weighted by Gasteiger charge is 2.43. The summed E-state index contributed by atoms with van der Waals surface area (Å²) < 4.78 is 49.9. The first-order valence-electron chi connectivity index (χ1n) is 10.1. The van der Waals surface area contributed by atoms with Gasteiger partial charge in [0.25, 0.3) is 0 Å². The van der Waals surface area contributed by atoms with E-state index in [1.807, 2.05) is 31.2 Å². The molecule has 33 heavy (non-hydrogen) atoms. The molecule has 2 N–H and O–H groups in total. The number of rotatable bonds is 3. The first-order valence-corrected chi connectivity index (χ1v) is 10.1. The van der Waals surface area contributed by atoms with Crippen LogP contribution in [0.15, 0.2) is 66.7 Å². The third-order valence-electron chi connectivity index (χ3n) is 5.30. The van der Waals surface area contributed by atoms with Crippen LogP contribution in [0.25, 0.3) is 11.3 Å². The molecule has 0 radical (unpaired) electrons. The predicted octanol–water partition coefficient (Wildman–Crippen LogP) is 5.38. The number of nitrogens with zero attached hydrogens (tertiary/aromatic N) is 1. The van der Waals surface area contributed by atoms with E-state index in [4.69, 9.17) is 0 Å². The van der Waals surface area contributed by atoms with E-state index in [1.165, 1.54) is 29.3 Å². The van der Waals surface area contributed by atoms with Crippen LogP contribution >= 0.6 is 0 Å². The van der Waals surface area contributed by atoms with Crippen molar-refractivity contribution in [3.8, 4) is 11.5 Å². The first-order chi connectivity index (χ1) is 15.8. The van der Waals surface area contributed by atoms with E-state index in [2.05, 4.69) is 20.2 Å². The minimum atomic E-state index is -3.75. The molecule has 3 aromatic carbocycles. The van der Waals surface area contributed by atoms with Crippen LogP contribution in [0.5, 0.6) is 11.5 Å². The van der Waals surface area contributed by atoms with Crippen LogP contribution in [0.1, 0.15) is 16.7 Å². The number of benzene rings is 3. The summed E-state index contributed by atoms with van der Waals surface area (Å²) >= 11 is 0. The van der Waals surface area contributed by atoms with E-state index in [9.17, 15) is 18.0 Å². The van der Waals surface area contributed by atoms with Crippen molar-refractivity contribution < 1.29 is 27.4 Å². The second kappa shape index (κ2) is 7.77. The molecule has 6 nitrogen and oxygen atoms in total. The summed E-state index contributed by atoms with van der Waals surface area (Å²) in [5, 5.41) is 3.92. The largest absolute Gasteiger partial charge is 0.586 e. The summed E-state index contributed by atoms with van der Waals surface area (Å²) in [4.78, 5) is 12.9. The van der Waals surface area contributed by atoms with Crippen molar-refractivity contribution >= 4 is 23.0 Å². The van der Waals surface area contributed by atoms with Gasteiger partial charge in [0, 0.05) is 22.9 Å². The van der Waals surface area contributed by atoms with Gasteiger partial charge in [0.1, 0.15) is 5.82 Å². The minimum absolute atomic E-state index is 0.0819. The SMILES string of the molecule is Cc1ccc(C2=C(c3ccccc3F)CN(C(=O)Nc3ccc4c(c3)OC(F)(F)O4)N2)cc1. The average molecular weight is 453 g/mol. The second-order valence-electron chi connectivity index (χ2n) is 7.66. The van der Waals surface area contributed by atoms with Crippen LogP contribution in [-0.4, -0.2) is 23.9 Å². The molecule has 0 aliphatic carbocycles. The van der Waals surface area contributed by atoms with Crippen molar-refractivity contribution in [2.45, 2.75) is 13.2 Å². The maximum absolute atomic E-state index is 14.6. The molecule has 0 spiro atoms. The van der Waals surface area contributed by atoms with Gasteiger partial charge in [-0.3, -0.25) is 5.43 Å². The van der Waals surface area contributed by atoms with E-state index in [-0.39, 0.29) is 23.7 Å². The zero-order chi connectivity index (χ0) is 23.2. The number of anilines is 1. The fourth-order valence-electron chi connectivity index (χ4n) is 3.70. The summed E-state index contributed by atoms with van der Waals surface area (Å²) in [6, 6.07) is 17.4. The standard InChI is InChI=1S/C24H18F3N3O3/c1-14-6-8-15(9-7-14)22-18(17-4-2-3-5-19(17)25)13-30(29-22)23(31)28-16-10-11-20-21(12-16)33-24(26,27)32-20/h2-12,29H,13H2,1H3,(H,28,31). The lowest BCUT2D eigenvalue weighted by Crippen LogP contribution is -2.40. The average Bonchev–Trinajstić information content (AvgIpc) is 3.34. The Hall–Kier alpha value is -4.14. The number of halogens is 3. The van der Waals surface area contributed by atoms with Gasteiger partial charge >= 0.3 is 12.3 Å². The van der Waals surface area contributed by atoms with Gasteiger partial charge in [-0.15, -0.1) is 8.78 Å². The molecule has 2 aliphatic rings. The summed E-state index contributed by atoms with van der Waals surface area (Å²) in [5.74, 6) is -0.710.